The number of rotatable bonds is 11. The van der Waals surface area contributed by atoms with Crippen molar-refractivity contribution in [3.8, 4) is 22.6 Å². The van der Waals surface area contributed by atoms with Gasteiger partial charge >= 0.3 is 0 Å². The van der Waals surface area contributed by atoms with Gasteiger partial charge in [-0.1, -0.05) is 12.1 Å². The van der Waals surface area contributed by atoms with Gasteiger partial charge in [0, 0.05) is 32.5 Å². The third-order valence-corrected chi connectivity index (χ3v) is 7.66. The average molecular weight is 628 g/mol. The molecule has 15 heteroatoms. The zero-order valence-electron chi connectivity index (χ0n) is 25.1. The van der Waals surface area contributed by atoms with Gasteiger partial charge in [-0.05, 0) is 72.3 Å². The van der Waals surface area contributed by atoms with E-state index in [0.29, 0.717) is 28.7 Å². The summed E-state index contributed by atoms with van der Waals surface area (Å²) in [7, 11) is 0. The number of fused-ring (bicyclic) bond motifs is 5. The van der Waals surface area contributed by atoms with Crippen molar-refractivity contribution < 1.29 is 29.4 Å². The zero-order valence-corrected chi connectivity index (χ0v) is 25.1. The third-order valence-electron chi connectivity index (χ3n) is 7.66. The van der Waals surface area contributed by atoms with Crippen LogP contribution in [0.5, 0.6) is 11.5 Å². The Labute approximate surface area is 261 Å². The van der Waals surface area contributed by atoms with Crippen LogP contribution in [0.2, 0.25) is 0 Å². The van der Waals surface area contributed by atoms with Gasteiger partial charge < -0.3 is 60.1 Å². The van der Waals surface area contributed by atoms with Crippen LogP contribution in [0.25, 0.3) is 11.1 Å². The summed E-state index contributed by atoms with van der Waals surface area (Å²) in [6, 6.07) is 4.95. The number of phenols is 2. The molecule has 0 spiro atoms. The van der Waals surface area contributed by atoms with Crippen molar-refractivity contribution in [2.45, 2.75) is 62.3 Å². The molecule has 2 aromatic carbocycles. The molecular formula is C30H45N9O6. The molecule has 0 aliphatic carbocycles. The first-order valence-corrected chi connectivity index (χ1v) is 14.9. The Kier molecular flexibility index (Phi) is 13.1. The highest BCUT2D eigenvalue weighted by Crippen LogP contribution is 2.30. The molecule has 0 saturated heterocycles. The zero-order chi connectivity index (χ0) is 33.1. The quantitative estimate of drug-likeness (QED) is 0.120. The predicted octanol–water partition coefficient (Wildman–Crippen LogP) is -2.86. The molecule has 1 aliphatic heterocycles. The van der Waals surface area contributed by atoms with E-state index >= 15 is 0 Å². The molecule has 0 fully saturated rings. The molecule has 1 heterocycles. The molecular weight excluding hydrogens is 582 g/mol. The summed E-state index contributed by atoms with van der Waals surface area (Å²) in [5.74, 6) is -2.48. The second-order valence-electron chi connectivity index (χ2n) is 11.1. The minimum absolute atomic E-state index is 0.000204. The lowest BCUT2D eigenvalue weighted by atomic mass is 9.95. The highest BCUT2D eigenvalue weighted by atomic mass is 16.3. The largest absolute Gasteiger partial charge is 0.508 e. The van der Waals surface area contributed by atoms with Gasteiger partial charge in [0.2, 0.25) is 23.6 Å². The number of phenolic OH excluding ortho intramolecular Hbond substituents is 2. The smallest absolute Gasteiger partial charge is 0.243 e. The standard InChI is InChI=1S/C30H45N9O6/c31-8-1-2-23-30(45)39-24(29(44)36-9-7-21(34)27(42)37-20(14-32)15-33)13-19-11-17(4-6-26(19)41)16-3-5-25(40)18(10-16)12-22(35)28(43)38-23/h3-6,10-11,20-24,40-41H,1-2,7-9,12-15,31-35H2,(H,36,44)(H,37,42)(H,38,43)(H,39,45)/t21?,22-,23-,24-/m0/s1. The van der Waals surface area contributed by atoms with Gasteiger partial charge in [0.25, 0.3) is 0 Å². The highest BCUT2D eigenvalue weighted by Gasteiger charge is 2.30. The van der Waals surface area contributed by atoms with Crippen molar-refractivity contribution in [1.29, 1.82) is 0 Å². The average Bonchev–Trinajstić information content (AvgIpc) is 3.02. The van der Waals surface area contributed by atoms with Crippen LogP contribution >= 0.6 is 0 Å². The van der Waals surface area contributed by atoms with Crippen LogP contribution in [0.4, 0.5) is 0 Å². The van der Waals surface area contributed by atoms with Gasteiger partial charge in [0.1, 0.15) is 23.6 Å². The Morgan fingerprint density at radius 1 is 0.911 bits per heavy atom. The number of hydrogen-bond acceptors (Lipinski definition) is 11. The number of hydrogen-bond donors (Lipinski definition) is 11. The summed E-state index contributed by atoms with van der Waals surface area (Å²) >= 11 is 0. The number of nitrogens with two attached hydrogens (primary N) is 5. The van der Waals surface area contributed by atoms with Crippen molar-refractivity contribution in [2.75, 3.05) is 26.2 Å². The van der Waals surface area contributed by atoms with Gasteiger partial charge in [-0.15, -0.1) is 0 Å². The molecule has 0 aromatic heterocycles. The topological polar surface area (TPSA) is 287 Å². The van der Waals surface area contributed by atoms with E-state index in [2.05, 4.69) is 21.3 Å². The molecule has 4 amide bonds. The summed E-state index contributed by atoms with van der Waals surface area (Å²) in [6.07, 6.45) is 0.530. The Bertz CT molecular complexity index is 1350. The van der Waals surface area contributed by atoms with E-state index in [4.69, 9.17) is 28.7 Å². The first-order valence-electron chi connectivity index (χ1n) is 14.9. The summed E-state index contributed by atoms with van der Waals surface area (Å²) in [4.78, 5) is 52.4. The second-order valence-corrected chi connectivity index (χ2v) is 11.1. The van der Waals surface area contributed by atoms with Crippen LogP contribution in [-0.4, -0.2) is 90.2 Å². The fraction of sp³-hybridized carbons (Fsp3) is 0.467. The lowest BCUT2D eigenvalue weighted by Crippen LogP contribution is -2.57. The van der Waals surface area contributed by atoms with Crippen molar-refractivity contribution in [1.82, 2.24) is 21.3 Å². The van der Waals surface area contributed by atoms with Crippen molar-refractivity contribution in [3.05, 3.63) is 47.5 Å². The summed E-state index contributed by atoms with van der Waals surface area (Å²) in [5, 5.41) is 31.9. The molecule has 0 radical (unpaired) electrons. The van der Waals surface area contributed by atoms with E-state index in [9.17, 15) is 29.4 Å². The van der Waals surface area contributed by atoms with E-state index in [1.54, 1.807) is 24.3 Å². The lowest BCUT2D eigenvalue weighted by molar-refractivity contribution is -0.132. The molecule has 15 nitrogen and oxygen atoms in total. The number of carbonyl (C=O) groups is 4. The molecule has 0 saturated carbocycles. The third kappa shape index (κ3) is 9.86. The Morgan fingerprint density at radius 3 is 2.09 bits per heavy atom. The Hall–Kier alpha value is -4.28. The number of benzene rings is 2. The molecule has 3 rings (SSSR count). The minimum atomic E-state index is -1.19. The second kappa shape index (κ2) is 16.7. The van der Waals surface area contributed by atoms with Crippen molar-refractivity contribution >= 4 is 23.6 Å². The number of amides is 4. The molecule has 45 heavy (non-hydrogen) atoms. The molecule has 16 N–H and O–H groups in total. The fourth-order valence-corrected chi connectivity index (χ4v) is 4.89. The van der Waals surface area contributed by atoms with E-state index in [-0.39, 0.29) is 63.4 Å². The minimum Gasteiger partial charge on any atom is -0.508 e. The maximum absolute atomic E-state index is 13.5. The normalized spacial score (nSPS) is 19.5. The lowest BCUT2D eigenvalue weighted by Gasteiger charge is -2.25. The summed E-state index contributed by atoms with van der Waals surface area (Å²) in [6.45, 7) is 0.545. The Balaban J connectivity index is 1.91. The van der Waals surface area contributed by atoms with E-state index < -0.39 is 53.8 Å². The van der Waals surface area contributed by atoms with Gasteiger partial charge in [0.15, 0.2) is 0 Å². The Morgan fingerprint density at radius 2 is 1.51 bits per heavy atom. The van der Waals surface area contributed by atoms with E-state index in [0.717, 1.165) is 0 Å². The summed E-state index contributed by atoms with van der Waals surface area (Å²) < 4.78 is 0. The molecule has 1 aliphatic rings. The molecule has 4 atom stereocenters. The van der Waals surface area contributed by atoms with Crippen molar-refractivity contribution in [2.24, 2.45) is 28.7 Å². The van der Waals surface area contributed by atoms with Crippen LogP contribution in [0.15, 0.2) is 36.4 Å². The van der Waals surface area contributed by atoms with Crippen LogP contribution < -0.4 is 49.9 Å². The molecule has 4 bridgehead atoms. The van der Waals surface area contributed by atoms with Gasteiger partial charge in [0.05, 0.1) is 18.1 Å². The van der Waals surface area contributed by atoms with Crippen LogP contribution in [0.3, 0.4) is 0 Å². The van der Waals surface area contributed by atoms with E-state index in [1.807, 2.05) is 0 Å². The first-order chi connectivity index (χ1) is 21.5. The van der Waals surface area contributed by atoms with E-state index in [1.165, 1.54) is 12.1 Å². The number of aromatic hydroxyl groups is 2. The SMILES string of the molecule is NCCC[C@@H]1NC(=O)[C@@H](N)Cc2cc(ccc2O)-c2ccc(O)c(c2)C[C@@H](C(=O)NCCC(N)C(=O)NC(CN)CN)NC1=O. The number of carbonyl (C=O) groups excluding carboxylic acids is 4. The van der Waals surface area contributed by atoms with Gasteiger partial charge in [-0.25, -0.2) is 0 Å². The van der Waals surface area contributed by atoms with Crippen molar-refractivity contribution in [3.63, 3.8) is 0 Å². The molecule has 246 valence electrons. The fourth-order valence-electron chi connectivity index (χ4n) is 4.89. The van der Waals surface area contributed by atoms with Gasteiger partial charge in [-0.3, -0.25) is 19.2 Å². The first kappa shape index (κ1) is 35.2. The molecule has 1 unspecified atom stereocenters. The molecule has 2 aromatic rings. The van der Waals surface area contributed by atoms with Crippen LogP contribution in [0.1, 0.15) is 30.4 Å². The van der Waals surface area contributed by atoms with Crippen LogP contribution in [-0.2, 0) is 32.0 Å². The number of nitrogens with one attached hydrogen (secondary N) is 4. The highest BCUT2D eigenvalue weighted by molar-refractivity contribution is 5.93. The summed E-state index contributed by atoms with van der Waals surface area (Å²) in [5.41, 5.74) is 31.1. The predicted molar refractivity (Wildman–Crippen MR) is 168 cm³/mol. The monoisotopic (exact) mass is 627 g/mol. The van der Waals surface area contributed by atoms with Crippen LogP contribution in [0, 0.1) is 0 Å². The van der Waals surface area contributed by atoms with Gasteiger partial charge in [-0.2, -0.15) is 0 Å². The maximum atomic E-state index is 13.5. The maximum Gasteiger partial charge on any atom is 0.243 e.